The largest absolute Gasteiger partial charge is 0.464 e. The summed E-state index contributed by atoms with van der Waals surface area (Å²) in [5, 5.41) is 8.54. The highest BCUT2D eigenvalue weighted by atomic mass is 32.2. The highest BCUT2D eigenvalue weighted by Crippen LogP contribution is 2.26. The summed E-state index contributed by atoms with van der Waals surface area (Å²) in [5.41, 5.74) is 6.30. The van der Waals surface area contributed by atoms with Gasteiger partial charge in [0, 0.05) is 11.9 Å². The number of carbonyl (C=O) groups is 1. The van der Waals surface area contributed by atoms with Crippen molar-refractivity contribution in [3.05, 3.63) is 41.7 Å². The minimum absolute atomic E-state index is 0.0125. The maximum absolute atomic E-state index is 12.3. The molecule has 0 fully saturated rings. The van der Waals surface area contributed by atoms with E-state index in [-0.39, 0.29) is 21.8 Å². The van der Waals surface area contributed by atoms with Gasteiger partial charge in [0.25, 0.3) is 0 Å². The Morgan fingerprint density at radius 3 is 2.58 bits per heavy atom. The molecule has 2 aromatic rings. The first kappa shape index (κ1) is 17.6. The van der Waals surface area contributed by atoms with Crippen LogP contribution in [0.1, 0.15) is 29.9 Å². The molecule has 7 nitrogen and oxygen atoms in total. The molecule has 0 aliphatic rings. The van der Waals surface area contributed by atoms with Gasteiger partial charge >= 0.3 is 5.97 Å². The molecule has 2 rings (SSSR count). The van der Waals surface area contributed by atoms with E-state index in [1.54, 1.807) is 26.0 Å². The predicted molar refractivity (Wildman–Crippen MR) is 88.6 cm³/mol. The van der Waals surface area contributed by atoms with Gasteiger partial charge in [-0.3, -0.25) is 0 Å². The minimum atomic E-state index is -3.48. The van der Waals surface area contributed by atoms with Crippen LogP contribution >= 0.6 is 0 Å². The number of benzene rings is 1. The number of hydrogen-bond acceptors (Lipinski definition) is 6. The highest BCUT2D eigenvalue weighted by molar-refractivity contribution is 7.92. The molecule has 126 valence electrons. The van der Waals surface area contributed by atoms with Gasteiger partial charge in [-0.25, -0.2) is 13.2 Å². The van der Waals surface area contributed by atoms with Gasteiger partial charge in [0.2, 0.25) is 0 Å². The van der Waals surface area contributed by atoms with Gasteiger partial charge in [-0.2, -0.15) is 5.26 Å². The molecule has 0 atom stereocenters. The van der Waals surface area contributed by atoms with Crippen LogP contribution in [0, 0.1) is 11.3 Å². The van der Waals surface area contributed by atoms with Crippen molar-refractivity contribution < 1.29 is 17.9 Å². The van der Waals surface area contributed by atoms with E-state index in [0.29, 0.717) is 5.69 Å². The molecule has 0 radical (unpaired) electrons. The first-order chi connectivity index (χ1) is 11.2. The Labute approximate surface area is 140 Å². The second kappa shape index (κ2) is 6.37. The maximum Gasteiger partial charge on any atom is 0.357 e. The number of nitrogens with two attached hydrogens (primary N) is 1. The Morgan fingerprint density at radius 2 is 2.04 bits per heavy atom. The Morgan fingerprint density at radius 1 is 1.38 bits per heavy atom. The molecule has 0 saturated carbocycles. The zero-order chi connectivity index (χ0) is 18.1. The lowest BCUT2D eigenvalue weighted by molar-refractivity contribution is 0.0593. The third-order valence-corrected chi connectivity index (χ3v) is 5.74. The summed E-state index contributed by atoms with van der Waals surface area (Å²) in [4.78, 5) is 12.1. The molecule has 1 heterocycles. The van der Waals surface area contributed by atoms with Gasteiger partial charge in [-0.05, 0) is 32.0 Å². The lowest BCUT2D eigenvalue weighted by Crippen LogP contribution is -2.15. The van der Waals surface area contributed by atoms with Gasteiger partial charge in [0.05, 0.1) is 28.5 Å². The third-order valence-electron chi connectivity index (χ3n) is 3.59. The summed E-state index contributed by atoms with van der Waals surface area (Å²) in [5.74, 6) is -0.717. The number of rotatable bonds is 4. The van der Waals surface area contributed by atoms with E-state index < -0.39 is 21.1 Å². The van der Waals surface area contributed by atoms with E-state index in [4.69, 9.17) is 15.7 Å². The van der Waals surface area contributed by atoms with Crippen molar-refractivity contribution in [2.24, 2.45) is 0 Å². The summed E-state index contributed by atoms with van der Waals surface area (Å²) in [6.07, 6.45) is 1.38. The Hall–Kier alpha value is -2.79. The van der Waals surface area contributed by atoms with Crippen molar-refractivity contribution in [1.29, 1.82) is 5.26 Å². The van der Waals surface area contributed by atoms with Crippen LogP contribution in [-0.4, -0.2) is 31.3 Å². The third kappa shape index (κ3) is 2.86. The minimum Gasteiger partial charge on any atom is -0.464 e. The number of carbonyl (C=O) groups excluding carboxylic acids is 1. The Balaban J connectivity index is 2.71. The lowest BCUT2D eigenvalue weighted by Gasteiger charge is -2.12. The summed E-state index contributed by atoms with van der Waals surface area (Å²) in [6.45, 7) is 3.17. The van der Waals surface area contributed by atoms with Gasteiger partial charge < -0.3 is 15.0 Å². The smallest absolute Gasteiger partial charge is 0.357 e. The number of nitriles is 1. The second-order valence-corrected chi connectivity index (χ2v) is 7.87. The van der Waals surface area contributed by atoms with Crippen LogP contribution in [0.2, 0.25) is 0 Å². The quantitative estimate of drug-likeness (QED) is 0.845. The molecule has 1 aromatic carbocycles. The number of nitrogens with zero attached hydrogens (tertiary/aromatic N) is 2. The zero-order valence-electron chi connectivity index (χ0n) is 13.5. The fourth-order valence-electron chi connectivity index (χ4n) is 2.20. The highest BCUT2D eigenvalue weighted by Gasteiger charge is 2.24. The molecule has 0 aliphatic carbocycles. The molecule has 2 N–H and O–H groups in total. The van der Waals surface area contributed by atoms with Crippen LogP contribution < -0.4 is 5.73 Å². The summed E-state index contributed by atoms with van der Waals surface area (Å²) in [6, 6.07) is 7.99. The van der Waals surface area contributed by atoms with Crippen molar-refractivity contribution in [1.82, 2.24) is 4.57 Å². The average Bonchev–Trinajstić information content (AvgIpc) is 2.90. The van der Waals surface area contributed by atoms with Crippen molar-refractivity contribution in [3.8, 4) is 11.8 Å². The number of esters is 1. The Kier molecular flexibility index (Phi) is 4.66. The molecule has 0 bridgehead atoms. The van der Waals surface area contributed by atoms with E-state index in [2.05, 4.69) is 0 Å². The van der Waals surface area contributed by atoms with Gasteiger partial charge in [-0.1, -0.05) is 6.07 Å². The van der Waals surface area contributed by atoms with Crippen LogP contribution in [0.5, 0.6) is 0 Å². The maximum atomic E-state index is 12.3. The van der Waals surface area contributed by atoms with E-state index in [9.17, 15) is 13.2 Å². The van der Waals surface area contributed by atoms with Crippen LogP contribution in [0.25, 0.3) is 5.69 Å². The first-order valence-electron chi connectivity index (χ1n) is 7.07. The van der Waals surface area contributed by atoms with E-state index in [0.717, 1.165) is 0 Å². The molecular formula is C16H17N3O4S. The molecule has 24 heavy (non-hydrogen) atoms. The number of hydrogen-bond donors (Lipinski definition) is 1. The molecule has 0 aliphatic heterocycles. The Bertz CT molecular complexity index is 937. The average molecular weight is 347 g/mol. The number of anilines is 1. The normalized spacial score (nSPS) is 11.3. The number of aromatic nitrogens is 1. The van der Waals surface area contributed by atoms with E-state index in [1.165, 1.54) is 30.0 Å². The van der Waals surface area contributed by atoms with E-state index in [1.807, 2.05) is 6.07 Å². The molecule has 0 amide bonds. The van der Waals surface area contributed by atoms with Gasteiger partial charge in [0.1, 0.15) is 6.07 Å². The van der Waals surface area contributed by atoms with Crippen LogP contribution in [0.4, 0.5) is 5.69 Å². The van der Waals surface area contributed by atoms with Crippen LogP contribution in [-0.2, 0) is 14.6 Å². The number of ether oxygens (including phenoxy) is 1. The van der Waals surface area contributed by atoms with Gasteiger partial charge in [-0.15, -0.1) is 0 Å². The molecule has 0 unspecified atom stereocenters. The van der Waals surface area contributed by atoms with Crippen LogP contribution in [0.15, 0.2) is 35.4 Å². The van der Waals surface area contributed by atoms with Crippen molar-refractivity contribution in [2.75, 3.05) is 12.8 Å². The fourth-order valence-corrected chi connectivity index (χ4v) is 3.30. The van der Waals surface area contributed by atoms with Gasteiger partial charge in [0.15, 0.2) is 15.5 Å². The zero-order valence-corrected chi connectivity index (χ0v) is 14.3. The molecular weight excluding hydrogens is 330 g/mol. The van der Waals surface area contributed by atoms with Crippen molar-refractivity contribution >= 4 is 21.5 Å². The summed E-state index contributed by atoms with van der Waals surface area (Å²) >= 11 is 0. The molecule has 8 heteroatoms. The fraction of sp³-hybridized carbons (Fsp3) is 0.250. The SMILES string of the molecule is COC(=O)c1c(N)c(C#N)cn1-c1cccc(S(=O)(=O)C(C)C)c1. The first-order valence-corrected chi connectivity index (χ1v) is 8.62. The lowest BCUT2D eigenvalue weighted by atomic mass is 10.2. The van der Waals surface area contributed by atoms with Crippen LogP contribution in [0.3, 0.4) is 0 Å². The summed E-state index contributed by atoms with van der Waals surface area (Å²) in [7, 11) is -2.28. The number of methoxy groups -OCH3 is 1. The van der Waals surface area contributed by atoms with Crippen molar-refractivity contribution in [2.45, 2.75) is 24.0 Å². The second-order valence-electron chi connectivity index (χ2n) is 5.37. The molecule has 0 saturated heterocycles. The molecule has 1 aromatic heterocycles. The van der Waals surface area contributed by atoms with E-state index >= 15 is 0 Å². The molecule has 0 spiro atoms. The number of sulfone groups is 1. The standard InChI is InChI=1S/C16H17N3O4S/c1-10(2)24(21,22)13-6-4-5-12(7-13)19-9-11(8-17)14(18)15(19)16(20)23-3/h4-7,9-10H,18H2,1-3H3. The topological polar surface area (TPSA) is 115 Å². The summed E-state index contributed by atoms with van der Waals surface area (Å²) < 4.78 is 30.7. The monoisotopic (exact) mass is 347 g/mol. The van der Waals surface area contributed by atoms with Crippen molar-refractivity contribution in [3.63, 3.8) is 0 Å². The predicted octanol–water partition coefficient (Wildman–Crippen LogP) is 1.90. The number of nitrogen functional groups attached to an aromatic ring is 1.